The molecule has 5 heteroatoms. The third-order valence-electron chi connectivity index (χ3n) is 4.96. The minimum Gasteiger partial charge on any atom is -0.496 e. The van der Waals surface area contributed by atoms with E-state index >= 15 is 0 Å². The summed E-state index contributed by atoms with van der Waals surface area (Å²) in [7, 11) is 1.62. The highest BCUT2D eigenvalue weighted by Gasteiger charge is 2.38. The number of piperidine rings is 1. The summed E-state index contributed by atoms with van der Waals surface area (Å²) in [5.41, 5.74) is 2.00. The van der Waals surface area contributed by atoms with Gasteiger partial charge in [0.1, 0.15) is 11.4 Å². The van der Waals surface area contributed by atoms with Crippen LogP contribution in [0.2, 0.25) is 0 Å². The predicted octanol–water partition coefficient (Wildman–Crippen LogP) is 4.46. The maximum Gasteiger partial charge on any atom is 0.339 e. The van der Waals surface area contributed by atoms with Crippen LogP contribution in [0.3, 0.4) is 0 Å². The molecular formula is C21H24BrNO3. The Labute approximate surface area is 163 Å². The Kier molecular flexibility index (Phi) is 5.99. The van der Waals surface area contributed by atoms with Gasteiger partial charge in [0.05, 0.1) is 12.7 Å². The van der Waals surface area contributed by atoms with Crippen molar-refractivity contribution in [1.29, 1.82) is 0 Å². The summed E-state index contributed by atoms with van der Waals surface area (Å²) in [5, 5.41) is 3.35. The lowest BCUT2D eigenvalue weighted by Gasteiger charge is -2.37. The molecule has 1 aliphatic heterocycles. The topological polar surface area (TPSA) is 47.6 Å². The second-order valence-corrected chi connectivity index (χ2v) is 7.35. The molecule has 1 saturated heterocycles. The van der Waals surface area contributed by atoms with E-state index in [1.54, 1.807) is 13.2 Å². The van der Waals surface area contributed by atoms with Crippen molar-refractivity contribution in [2.75, 3.05) is 20.2 Å². The van der Waals surface area contributed by atoms with Gasteiger partial charge in [0, 0.05) is 22.9 Å². The molecule has 0 spiro atoms. The largest absolute Gasteiger partial charge is 0.496 e. The standard InChI is InChI=1S/C21H24BrNO3/c1-3-17-18(22)13-15(14-19(17)25-2)20(24)26-21(9-11-23-12-10-21)16-7-5-4-6-8-16/h4-8,13-14,23H,3,9-12H2,1-2H3. The molecule has 0 radical (unpaired) electrons. The fraction of sp³-hybridized carbons (Fsp3) is 0.381. The lowest BCUT2D eigenvalue weighted by Crippen LogP contribution is -2.43. The summed E-state index contributed by atoms with van der Waals surface area (Å²) in [6.07, 6.45) is 2.33. The van der Waals surface area contributed by atoms with Gasteiger partial charge in [0.25, 0.3) is 0 Å². The van der Waals surface area contributed by atoms with Crippen LogP contribution >= 0.6 is 15.9 Å². The van der Waals surface area contributed by atoms with Crippen LogP contribution in [0.15, 0.2) is 46.9 Å². The van der Waals surface area contributed by atoms with Crippen molar-refractivity contribution in [2.24, 2.45) is 0 Å². The number of esters is 1. The van der Waals surface area contributed by atoms with Crippen molar-refractivity contribution in [3.05, 3.63) is 63.6 Å². The summed E-state index contributed by atoms with van der Waals surface area (Å²) in [6, 6.07) is 13.6. The molecule has 0 amide bonds. The third kappa shape index (κ3) is 3.79. The zero-order valence-corrected chi connectivity index (χ0v) is 16.8. The summed E-state index contributed by atoms with van der Waals surface area (Å²) in [4.78, 5) is 13.0. The van der Waals surface area contributed by atoms with Crippen LogP contribution in [-0.4, -0.2) is 26.2 Å². The first-order chi connectivity index (χ1) is 12.6. The van der Waals surface area contributed by atoms with Gasteiger partial charge in [-0.2, -0.15) is 0 Å². The highest BCUT2D eigenvalue weighted by molar-refractivity contribution is 9.10. The Bertz CT molecular complexity index is 770. The first-order valence-electron chi connectivity index (χ1n) is 8.95. The van der Waals surface area contributed by atoms with Crippen LogP contribution in [0, 0.1) is 0 Å². The van der Waals surface area contributed by atoms with Gasteiger partial charge < -0.3 is 14.8 Å². The molecule has 1 N–H and O–H groups in total. The zero-order chi connectivity index (χ0) is 18.6. The average molecular weight is 418 g/mol. The van der Waals surface area contributed by atoms with E-state index in [1.807, 2.05) is 36.4 Å². The second kappa shape index (κ2) is 8.23. The normalized spacial score (nSPS) is 16.1. The Morgan fingerprint density at radius 1 is 1.19 bits per heavy atom. The molecule has 1 aliphatic rings. The molecular weight excluding hydrogens is 394 g/mol. The maximum absolute atomic E-state index is 13.0. The maximum atomic E-state index is 13.0. The smallest absolute Gasteiger partial charge is 0.339 e. The van der Waals surface area contributed by atoms with Crippen LogP contribution in [0.25, 0.3) is 0 Å². The second-order valence-electron chi connectivity index (χ2n) is 6.49. The molecule has 138 valence electrons. The Balaban J connectivity index is 1.93. The molecule has 0 saturated carbocycles. The SMILES string of the molecule is CCc1c(Br)cc(C(=O)OC2(c3ccccc3)CCNCC2)cc1OC. The van der Waals surface area contributed by atoms with Crippen LogP contribution < -0.4 is 10.1 Å². The minimum absolute atomic E-state index is 0.322. The molecule has 0 bridgehead atoms. The monoisotopic (exact) mass is 417 g/mol. The van der Waals surface area contributed by atoms with Crippen LogP contribution in [0.4, 0.5) is 0 Å². The van der Waals surface area contributed by atoms with Gasteiger partial charge in [-0.3, -0.25) is 0 Å². The molecule has 26 heavy (non-hydrogen) atoms. The molecule has 4 nitrogen and oxygen atoms in total. The lowest BCUT2D eigenvalue weighted by molar-refractivity contribution is -0.0378. The highest BCUT2D eigenvalue weighted by Crippen LogP contribution is 2.37. The van der Waals surface area contributed by atoms with Gasteiger partial charge in [-0.25, -0.2) is 4.79 Å². The summed E-state index contributed by atoms with van der Waals surface area (Å²) < 4.78 is 12.4. The number of ether oxygens (including phenoxy) is 2. The van der Waals surface area contributed by atoms with E-state index in [0.29, 0.717) is 11.3 Å². The number of carbonyl (C=O) groups is 1. The Morgan fingerprint density at radius 3 is 2.50 bits per heavy atom. The molecule has 0 unspecified atom stereocenters. The fourth-order valence-corrected chi connectivity index (χ4v) is 4.24. The number of hydrogen-bond acceptors (Lipinski definition) is 4. The molecule has 1 fully saturated rings. The van der Waals surface area contributed by atoms with Crippen molar-refractivity contribution in [2.45, 2.75) is 31.8 Å². The fourth-order valence-electron chi connectivity index (χ4n) is 3.51. The molecule has 1 heterocycles. The Hall–Kier alpha value is -1.85. The number of benzene rings is 2. The molecule has 2 aromatic rings. The molecule has 0 aliphatic carbocycles. The van der Waals surface area contributed by atoms with Gasteiger partial charge in [-0.15, -0.1) is 0 Å². The number of hydrogen-bond donors (Lipinski definition) is 1. The number of halogens is 1. The van der Waals surface area contributed by atoms with Crippen molar-refractivity contribution < 1.29 is 14.3 Å². The quantitative estimate of drug-likeness (QED) is 0.729. The minimum atomic E-state index is -0.591. The van der Waals surface area contributed by atoms with Crippen molar-refractivity contribution >= 4 is 21.9 Å². The van der Waals surface area contributed by atoms with E-state index in [4.69, 9.17) is 9.47 Å². The van der Waals surface area contributed by atoms with E-state index in [0.717, 1.165) is 48.0 Å². The van der Waals surface area contributed by atoms with Gasteiger partial charge in [-0.1, -0.05) is 53.2 Å². The zero-order valence-electron chi connectivity index (χ0n) is 15.2. The van der Waals surface area contributed by atoms with E-state index in [1.165, 1.54) is 0 Å². The van der Waals surface area contributed by atoms with Crippen LogP contribution in [-0.2, 0) is 16.8 Å². The number of nitrogens with one attached hydrogen (secondary N) is 1. The lowest BCUT2D eigenvalue weighted by atomic mass is 9.84. The molecule has 0 atom stereocenters. The summed E-state index contributed by atoms with van der Waals surface area (Å²) >= 11 is 3.55. The number of rotatable bonds is 5. The molecule has 0 aromatic heterocycles. The van der Waals surface area contributed by atoms with Crippen LogP contribution in [0.1, 0.15) is 41.3 Å². The summed E-state index contributed by atoms with van der Waals surface area (Å²) in [5.74, 6) is 0.380. The number of carbonyl (C=O) groups excluding carboxylic acids is 1. The van der Waals surface area contributed by atoms with Gasteiger partial charge >= 0.3 is 5.97 Å². The van der Waals surface area contributed by atoms with Gasteiger partial charge in [0.2, 0.25) is 0 Å². The van der Waals surface area contributed by atoms with Crippen LogP contribution in [0.5, 0.6) is 5.75 Å². The predicted molar refractivity (Wildman–Crippen MR) is 106 cm³/mol. The highest BCUT2D eigenvalue weighted by atomic mass is 79.9. The van der Waals surface area contributed by atoms with E-state index < -0.39 is 5.60 Å². The van der Waals surface area contributed by atoms with E-state index in [9.17, 15) is 4.79 Å². The van der Waals surface area contributed by atoms with E-state index in [-0.39, 0.29) is 5.97 Å². The van der Waals surface area contributed by atoms with Crippen molar-refractivity contribution in [3.63, 3.8) is 0 Å². The summed E-state index contributed by atoms with van der Waals surface area (Å²) in [6.45, 7) is 3.70. The average Bonchev–Trinajstić information content (AvgIpc) is 2.68. The van der Waals surface area contributed by atoms with E-state index in [2.05, 4.69) is 28.2 Å². The first kappa shape index (κ1) is 18.9. The molecule has 3 rings (SSSR count). The van der Waals surface area contributed by atoms with Gasteiger partial charge in [0.15, 0.2) is 0 Å². The first-order valence-corrected chi connectivity index (χ1v) is 9.75. The van der Waals surface area contributed by atoms with Gasteiger partial charge in [-0.05, 0) is 37.2 Å². The van der Waals surface area contributed by atoms with Crippen molar-refractivity contribution in [3.8, 4) is 5.75 Å². The van der Waals surface area contributed by atoms with Crippen molar-refractivity contribution in [1.82, 2.24) is 5.32 Å². The third-order valence-corrected chi connectivity index (χ3v) is 5.67. The number of methoxy groups -OCH3 is 1. The Morgan fingerprint density at radius 2 is 1.88 bits per heavy atom. The molecule has 2 aromatic carbocycles.